The van der Waals surface area contributed by atoms with Crippen LogP contribution in [-0.4, -0.2) is 43.1 Å². The molecule has 0 aromatic carbocycles. The van der Waals surface area contributed by atoms with Gasteiger partial charge in [-0.2, -0.15) is 4.99 Å². The summed E-state index contributed by atoms with van der Waals surface area (Å²) in [5, 5.41) is 0. The van der Waals surface area contributed by atoms with Gasteiger partial charge in [0.05, 0.1) is 12.6 Å². The SMILES string of the molecule is COCC(C)C1C(N)=NC(=O)N1CC(C)C. The number of carbonyl (C=O) groups is 1. The Morgan fingerprint density at radius 2 is 2.12 bits per heavy atom. The van der Waals surface area contributed by atoms with Crippen LogP contribution in [0, 0.1) is 11.8 Å². The molecular weight excluding hydrogens is 206 g/mol. The number of hydrogen-bond acceptors (Lipinski definition) is 3. The normalized spacial score (nSPS) is 22.8. The highest BCUT2D eigenvalue weighted by Crippen LogP contribution is 2.20. The summed E-state index contributed by atoms with van der Waals surface area (Å²) in [6.07, 6.45) is 0. The Labute approximate surface area is 96.7 Å². The van der Waals surface area contributed by atoms with E-state index in [0.717, 1.165) is 0 Å². The van der Waals surface area contributed by atoms with E-state index in [9.17, 15) is 4.79 Å². The van der Waals surface area contributed by atoms with Gasteiger partial charge in [0.15, 0.2) is 0 Å². The number of methoxy groups -OCH3 is 1. The molecule has 1 rings (SSSR count). The van der Waals surface area contributed by atoms with Crippen molar-refractivity contribution in [1.82, 2.24) is 4.90 Å². The van der Waals surface area contributed by atoms with Gasteiger partial charge in [-0.25, -0.2) is 4.79 Å². The first-order valence-corrected chi connectivity index (χ1v) is 5.61. The Morgan fingerprint density at radius 1 is 1.50 bits per heavy atom. The zero-order valence-electron chi connectivity index (χ0n) is 10.4. The van der Waals surface area contributed by atoms with E-state index in [0.29, 0.717) is 24.9 Å². The van der Waals surface area contributed by atoms with Crippen molar-refractivity contribution in [3.63, 3.8) is 0 Å². The van der Waals surface area contributed by atoms with Crippen molar-refractivity contribution in [2.75, 3.05) is 20.3 Å². The van der Waals surface area contributed by atoms with E-state index < -0.39 is 0 Å². The molecule has 2 unspecified atom stereocenters. The van der Waals surface area contributed by atoms with Gasteiger partial charge in [0.25, 0.3) is 0 Å². The van der Waals surface area contributed by atoms with Gasteiger partial charge < -0.3 is 15.4 Å². The number of hydrogen-bond donors (Lipinski definition) is 1. The Balaban J connectivity index is 2.77. The Hall–Kier alpha value is -1.10. The molecule has 0 spiro atoms. The topological polar surface area (TPSA) is 67.9 Å². The van der Waals surface area contributed by atoms with E-state index >= 15 is 0 Å². The van der Waals surface area contributed by atoms with E-state index in [-0.39, 0.29) is 18.0 Å². The Kier molecular flexibility index (Phi) is 4.29. The lowest BCUT2D eigenvalue weighted by molar-refractivity contribution is 0.120. The summed E-state index contributed by atoms with van der Waals surface area (Å²) < 4.78 is 5.10. The summed E-state index contributed by atoms with van der Waals surface area (Å²) in [4.78, 5) is 17.2. The highest BCUT2D eigenvalue weighted by molar-refractivity contribution is 6.02. The molecule has 0 aromatic rings. The summed E-state index contributed by atoms with van der Waals surface area (Å²) in [5.74, 6) is 0.983. The fraction of sp³-hybridized carbons (Fsp3) is 0.818. The van der Waals surface area contributed by atoms with Crippen LogP contribution in [0.2, 0.25) is 0 Å². The summed E-state index contributed by atoms with van der Waals surface area (Å²) in [5.41, 5.74) is 5.80. The molecule has 0 fully saturated rings. The number of nitrogens with zero attached hydrogens (tertiary/aromatic N) is 2. The minimum atomic E-state index is -0.223. The van der Waals surface area contributed by atoms with Crippen LogP contribution in [0.1, 0.15) is 20.8 Å². The van der Waals surface area contributed by atoms with Gasteiger partial charge in [-0.05, 0) is 5.92 Å². The van der Waals surface area contributed by atoms with Crippen molar-refractivity contribution in [1.29, 1.82) is 0 Å². The average Bonchev–Trinajstić information content (AvgIpc) is 2.41. The van der Waals surface area contributed by atoms with Crippen LogP contribution in [0.15, 0.2) is 4.99 Å². The third kappa shape index (κ3) is 2.72. The number of aliphatic imine (C=N–C) groups is 1. The maximum atomic E-state index is 11.7. The smallest absolute Gasteiger partial charge is 0.345 e. The van der Waals surface area contributed by atoms with E-state index in [1.54, 1.807) is 12.0 Å². The first kappa shape index (κ1) is 13.0. The predicted molar refractivity (Wildman–Crippen MR) is 63.4 cm³/mol. The van der Waals surface area contributed by atoms with Crippen LogP contribution in [0.4, 0.5) is 4.79 Å². The standard InChI is InChI=1S/C11H21N3O2/c1-7(2)5-14-9(8(3)6-16-4)10(12)13-11(14)15/h7-9H,5-6H2,1-4H3,(H2,12,13,15). The van der Waals surface area contributed by atoms with E-state index in [1.165, 1.54) is 0 Å². The molecule has 0 aromatic heterocycles. The monoisotopic (exact) mass is 227 g/mol. The van der Waals surface area contributed by atoms with E-state index in [1.807, 2.05) is 6.92 Å². The first-order valence-electron chi connectivity index (χ1n) is 5.61. The third-order valence-electron chi connectivity index (χ3n) is 2.64. The molecule has 2 N–H and O–H groups in total. The highest BCUT2D eigenvalue weighted by Gasteiger charge is 2.37. The number of amides is 2. The third-order valence-corrected chi connectivity index (χ3v) is 2.64. The largest absolute Gasteiger partial charge is 0.385 e. The van der Waals surface area contributed by atoms with Crippen LogP contribution in [0.25, 0.3) is 0 Å². The molecule has 2 atom stereocenters. The van der Waals surface area contributed by atoms with Crippen LogP contribution in [0.3, 0.4) is 0 Å². The number of ether oxygens (including phenoxy) is 1. The molecular formula is C11H21N3O2. The molecule has 0 saturated heterocycles. The van der Waals surface area contributed by atoms with Crippen LogP contribution >= 0.6 is 0 Å². The van der Waals surface area contributed by atoms with Crippen LogP contribution < -0.4 is 5.73 Å². The van der Waals surface area contributed by atoms with Crippen molar-refractivity contribution in [2.45, 2.75) is 26.8 Å². The number of nitrogens with two attached hydrogens (primary N) is 1. The summed E-state index contributed by atoms with van der Waals surface area (Å²) in [6, 6.07) is -0.339. The van der Waals surface area contributed by atoms with Crippen LogP contribution in [-0.2, 0) is 4.74 Å². The van der Waals surface area contributed by atoms with E-state index in [2.05, 4.69) is 18.8 Å². The van der Waals surface area contributed by atoms with Gasteiger partial charge in [-0.1, -0.05) is 20.8 Å². The second-order valence-corrected chi connectivity index (χ2v) is 4.74. The molecule has 16 heavy (non-hydrogen) atoms. The molecule has 5 nitrogen and oxygen atoms in total. The zero-order valence-corrected chi connectivity index (χ0v) is 10.4. The molecule has 1 aliphatic heterocycles. The van der Waals surface area contributed by atoms with Crippen molar-refractivity contribution in [3.05, 3.63) is 0 Å². The second-order valence-electron chi connectivity index (χ2n) is 4.74. The van der Waals surface area contributed by atoms with Crippen LogP contribution in [0.5, 0.6) is 0 Å². The predicted octanol–water partition coefficient (Wildman–Crippen LogP) is 1.09. The summed E-state index contributed by atoms with van der Waals surface area (Å²) in [7, 11) is 1.65. The Bertz CT molecular complexity index is 289. The summed E-state index contributed by atoms with van der Waals surface area (Å²) in [6.45, 7) is 7.41. The second kappa shape index (κ2) is 5.30. The number of urea groups is 1. The number of amidine groups is 1. The van der Waals surface area contributed by atoms with E-state index in [4.69, 9.17) is 10.5 Å². The number of carbonyl (C=O) groups excluding carboxylic acids is 1. The lowest BCUT2D eigenvalue weighted by Crippen LogP contribution is -2.47. The molecule has 2 amide bonds. The fourth-order valence-corrected chi connectivity index (χ4v) is 2.06. The summed E-state index contributed by atoms with van der Waals surface area (Å²) >= 11 is 0. The van der Waals surface area contributed by atoms with Gasteiger partial charge in [0.2, 0.25) is 0 Å². The van der Waals surface area contributed by atoms with Gasteiger partial charge in [-0.3, -0.25) is 0 Å². The fourth-order valence-electron chi connectivity index (χ4n) is 2.06. The van der Waals surface area contributed by atoms with Crippen molar-refractivity contribution in [2.24, 2.45) is 22.6 Å². The molecule has 92 valence electrons. The molecule has 1 aliphatic rings. The van der Waals surface area contributed by atoms with Gasteiger partial charge >= 0.3 is 6.03 Å². The number of rotatable bonds is 5. The Morgan fingerprint density at radius 3 is 2.62 bits per heavy atom. The minimum absolute atomic E-state index is 0.116. The molecule has 1 heterocycles. The zero-order chi connectivity index (χ0) is 12.3. The minimum Gasteiger partial charge on any atom is -0.385 e. The maximum absolute atomic E-state index is 11.7. The van der Waals surface area contributed by atoms with Crippen molar-refractivity contribution in [3.8, 4) is 0 Å². The van der Waals surface area contributed by atoms with Gasteiger partial charge in [0.1, 0.15) is 5.84 Å². The molecule has 0 aliphatic carbocycles. The maximum Gasteiger partial charge on any atom is 0.345 e. The molecule has 0 bridgehead atoms. The first-order chi connectivity index (χ1) is 7.47. The lowest BCUT2D eigenvalue weighted by atomic mass is 10.0. The van der Waals surface area contributed by atoms with Crippen molar-refractivity contribution >= 4 is 11.9 Å². The molecule has 0 saturated carbocycles. The molecule has 5 heteroatoms. The highest BCUT2D eigenvalue weighted by atomic mass is 16.5. The van der Waals surface area contributed by atoms with Gasteiger partial charge in [0, 0.05) is 19.6 Å². The average molecular weight is 227 g/mol. The quantitative estimate of drug-likeness (QED) is 0.764. The van der Waals surface area contributed by atoms with Gasteiger partial charge in [-0.15, -0.1) is 0 Å². The molecule has 0 radical (unpaired) electrons. The van der Waals surface area contributed by atoms with Crippen molar-refractivity contribution < 1.29 is 9.53 Å². The lowest BCUT2D eigenvalue weighted by Gasteiger charge is -2.29.